The van der Waals surface area contributed by atoms with E-state index in [2.05, 4.69) is 36.6 Å². The van der Waals surface area contributed by atoms with Crippen molar-refractivity contribution in [3.05, 3.63) is 52.2 Å². The highest BCUT2D eigenvalue weighted by Crippen LogP contribution is 2.22. The highest BCUT2D eigenvalue weighted by molar-refractivity contribution is 7.12. The summed E-state index contributed by atoms with van der Waals surface area (Å²) in [7, 11) is 0. The Bertz CT molecular complexity index is 565. The number of nitrogens with one attached hydrogen (secondary N) is 2. The Labute approximate surface area is 124 Å². The molecule has 2 rings (SSSR count). The lowest BCUT2D eigenvalue weighted by Crippen LogP contribution is -2.39. The average molecular weight is 288 g/mol. The van der Waals surface area contributed by atoms with E-state index in [1.165, 1.54) is 9.75 Å². The van der Waals surface area contributed by atoms with Crippen LogP contribution < -0.4 is 10.6 Å². The Morgan fingerprint density at radius 3 is 2.40 bits per heavy atom. The third-order valence-corrected chi connectivity index (χ3v) is 4.31. The maximum Gasteiger partial charge on any atom is 0.241 e. The maximum atomic E-state index is 12.1. The summed E-state index contributed by atoms with van der Waals surface area (Å²) in [5.74, 6) is -0.0173. The van der Waals surface area contributed by atoms with E-state index in [-0.39, 0.29) is 18.0 Å². The maximum absolute atomic E-state index is 12.1. The van der Waals surface area contributed by atoms with Crippen molar-refractivity contribution in [1.82, 2.24) is 5.32 Å². The Morgan fingerprint density at radius 2 is 1.80 bits per heavy atom. The van der Waals surface area contributed by atoms with Crippen molar-refractivity contribution >= 4 is 22.9 Å². The van der Waals surface area contributed by atoms with Crippen molar-refractivity contribution in [3.8, 4) is 0 Å². The van der Waals surface area contributed by atoms with E-state index >= 15 is 0 Å². The van der Waals surface area contributed by atoms with Crippen LogP contribution in [0.15, 0.2) is 42.5 Å². The number of benzene rings is 1. The molecule has 2 unspecified atom stereocenters. The fourth-order valence-corrected chi connectivity index (χ4v) is 2.88. The smallest absolute Gasteiger partial charge is 0.241 e. The summed E-state index contributed by atoms with van der Waals surface area (Å²) in [5, 5.41) is 6.23. The van der Waals surface area contributed by atoms with Crippen LogP contribution in [0.1, 0.15) is 29.6 Å². The van der Waals surface area contributed by atoms with Crippen LogP contribution in [0.5, 0.6) is 0 Å². The quantitative estimate of drug-likeness (QED) is 0.880. The van der Waals surface area contributed by atoms with E-state index in [0.29, 0.717) is 0 Å². The van der Waals surface area contributed by atoms with Crippen LogP contribution in [-0.2, 0) is 4.79 Å². The minimum Gasteiger partial charge on any atom is -0.325 e. The Balaban J connectivity index is 1.91. The normalized spacial score (nSPS) is 13.8. The molecule has 20 heavy (non-hydrogen) atoms. The standard InChI is InChI=1S/C16H20N2OS/c1-11-9-10-15(20-11)12(2)17-13(3)16(19)18-14-7-5-4-6-8-14/h4-10,12-13,17H,1-3H3,(H,18,19). The molecule has 2 N–H and O–H groups in total. The molecule has 2 aromatic rings. The zero-order valence-corrected chi connectivity index (χ0v) is 12.8. The lowest BCUT2D eigenvalue weighted by Gasteiger charge is -2.18. The monoisotopic (exact) mass is 288 g/mol. The Morgan fingerprint density at radius 1 is 1.10 bits per heavy atom. The number of amides is 1. The molecule has 1 aromatic heterocycles. The van der Waals surface area contributed by atoms with Gasteiger partial charge in [0.05, 0.1) is 6.04 Å². The van der Waals surface area contributed by atoms with Crippen LogP contribution in [-0.4, -0.2) is 11.9 Å². The fraction of sp³-hybridized carbons (Fsp3) is 0.312. The molecule has 3 nitrogen and oxygen atoms in total. The predicted octanol–water partition coefficient (Wildman–Crippen LogP) is 3.73. The van der Waals surface area contributed by atoms with Crippen molar-refractivity contribution in [2.24, 2.45) is 0 Å². The zero-order valence-electron chi connectivity index (χ0n) is 12.0. The summed E-state index contributed by atoms with van der Waals surface area (Å²) in [6.45, 7) is 6.05. The molecule has 0 saturated heterocycles. The molecule has 0 fully saturated rings. The van der Waals surface area contributed by atoms with E-state index in [0.717, 1.165) is 5.69 Å². The molecule has 0 aliphatic rings. The number of thiophene rings is 1. The molecule has 0 radical (unpaired) electrons. The molecule has 2 atom stereocenters. The van der Waals surface area contributed by atoms with Crippen LogP contribution in [0.2, 0.25) is 0 Å². The van der Waals surface area contributed by atoms with Crippen molar-refractivity contribution in [3.63, 3.8) is 0 Å². The third-order valence-electron chi connectivity index (χ3n) is 3.12. The zero-order chi connectivity index (χ0) is 14.5. The van der Waals surface area contributed by atoms with Gasteiger partial charge in [-0.1, -0.05) is 18.2 Å². The van der Waals surface area contributed by atoms with Gasteiger partial charge < -0.3 is 5.32 Å². The highest BCUT2D eigenvalue weighted by Gasteiger charge is 2.17. The molecule has 0 aliphatic heterocycles. The van der Waals surface area contributed by atoms with Gasteiger partial charge in [0.2, 0.25) is 5.91 Å². The van der Waals surface area contributed by atoms with Gasteiger partial charge in [-0.05, 0) is 45.0 Å². The first-order valence-electron chi connectivity index (χ1n) is 6.74. The second kappa shape index (κ2) is 6.68. The van der Waals surface area contributed by atoms with Crippen LogP contribution in [0.4, 0.5) is 5.69 Å². The molecule has 106 valence electrons. The van der Waals surface area contributed by atoms with E-state index < -0.39 is 0 Å². The summed E-state index contributed by atoms with van der Waals surface area (Å²) in [4.78, 5) is 14.7. The number of hydrogen-bond donors (Lipinski definition) is 2. The van der Waals surface area contributed by atoms with E-state index in [9.17, 15) is 4.79 Å². The summed E-state index contributed by atoms with van der Waals surface area (Å²) in [5.41, 5.74) is 0.825. The van der Waals surface area contributed by atoms with Gasteiger partial charge in [0.1, 0.15) is 0 Å². The summed E-state index contributed by atoms with van der Waals surface area (Å²) >= 11 is 1.76. The summed E-state index contributed by atoms with van der Waals surface area (Å²) in [6, 6.07) is 13.7. The number of carbonyl (C=O) groups excluding carboxylic acids is 1. The number of carbonyl (C=O) groups is 1. The van der Waals surface area contributed by atoms with Crippen molar-refractivity contribution in [1.29, 1.82) is 0 Å². The topological polar surface area (TPSA) is 41.1 Å². The first-order valence-corrected chi connectivity index (χ1v) is 7.56. The van der Waals surface area contributed by atoms with Gasteiger partial charge in [0, 0.05) is 21.5 Å². The van der Waals surface area contributed by atoms with Gasteiger partial charge >= 0.3 is 0 Å². The molecular formula is C16H20N2OS. The third kappa shape index (κ3) is 3.92. The number of aryl methyl sites for hydroxylation is 1. The second-order valence-corrected chi connectivity index (χ2v) is 6.23. The lowest BCUT2D eigenvalue weighted by molar-refractivity contribution is -0.117. The van der Waals surface area contributed by atoms with Crippen LogP contribution in [0.25, 0.3) is 0 Å². The van der Waals surface area contributed by atoms with E-state index in [1.807, 2.05) is 37.3 Å². The number of rotatable bonds is 5. The van der Waals surface area contributed by atoms with Crippen molar-refractivity contribution < 1.29 is 4.79 Å². The SMILES string of the molecule is Cc1ccc(C(C)NC(C)C(=O)Nc2ccccc2)s1. The summed E-state index contributed by atoms with van der Waals surface area (Å²) < 4.78 is 0. The number of anilines is 1. The van der Waals surface area contributed by atoms with E-state index in [1.54, 1.807) is 11.3 Å². The molecule has 0 saturated carbocycles. The number of para-hydroxylation sites is 1. The summed E-state index contributed by atoms with van der Waals surface area (Å²) in [6.07, 6.45) is 0. The predicted molar refractivity (Wildman–Crippen MR) is 85.1 cm³/mol. The van der Waals surface area contributed by atoms with Crippen molar-refractivity contribution in [2.45, 2.75) is 32.9 Å². The van der Waals surface area contributed by atoms with Gasteiger partial charge in [-0.15, -0.1) is 11.3 Å². The minimum atomic E-state index is -0.243. The minimum absolute atomic E-state index is 0.0173. The van der Waals surface area contributed by atoms with Crippen LogP contribution in [0.3, 0.4) is 0 Å². The molecular weight excluding hydrogens is 268 g/mol. The highest BCUT2D eigenvalue weighted by atomic mass is 32.1. The van der Waals surface area contributed by atoms with Gasteiger partial charge in [-0.3, -0.25) is 10.1 Å². The largest absolute Gasteiger partial charge is 0.325 e. The fourth-order valence-electron chi connectivity index (χ4n) is 1.99. The Kier molecular flexibility index (Phi) is 4.93. The average Bonchev–Trinajstić information content (AvgIpc) is 2.86. The van der Waals surface area contributed by atoms with Crippen LogP contribution >= 0.6 is 11.3 Å². The van der Waals surface area contributed by atoms with Gasteiger partial charge in [-0.25, -0.2) is 0 Å². The lowest BCUT2D eigenvalue weighted by atomic mass is 10.2. The first kappa shape index (κ1) is 14.8. The van der Waals surface area contributed by atoms with Crippen molar-refractivity contribution in [2.75, 3.05) is 5.32 Å². The van der Waals surface area contributed by atoms with Gasteiger partial charge in [0.25, 0.3) is 0 Å². The van der Waals surface area contributed by atoms with Gasteiger partial charge in [0.15, 0.2) is 0 Å². The van der Waals surface area contributed by atoms with Crippen LogP contribution in [0, 0.1) is 6.92 Å². The molecule has 4 heteroatoms. The molecule has 1 aromatic carbocycles. The second-order valence-electron chi connectivity index (χ2n) is 4.91. The van der Waals surface area contributed by atoms with Gasteiger partial charge in [-0.2, -0.15) is 0 Å². The molecule has 1 heterocycles. The molecule has 0 aliphatic carbocycles. The first-order chi connectivity index (χ1) is 9.56. The Hall–Kier alpha value is -1.65. The molecule has 1 amide bonds. The van der Waals surface area contributed by atoms with E-state index in [4.69, 9.17) is 0 Å². The number of hydrogen-bond acceptors (Lipinski definition) is 3. The molecule has 0 bridgehead atoms. The molecule has 0 spiro atoms.